The van der Waals surface area contributed by atoms with Gasteiger partial charge in [0.05, 0.1) is 79.1 Å². The number of cyclic esters (lactones) is 1. The molecule has 1 saturated carbocycles. The average molecular weight is 1170 g/mol. The molecule has 5 aliphatic rings. The number of pyridine rings is 1. The number of aliphatic hydroxyl groups is 1. The SMILES string of the molecule is CC[C@H]1OC(=O)[C@H](C)[C@@H](O[C@H]2C[C@@](C)(OC)[C@@H](OC(=O)CCOCCOCCCc3ccc4c(c3)c(=O)c(C(=O)O)cn4CC)[C@H](C)O2)[C@H](C)[C@@H](O[C@@H]2O[C@H](C)C[C@H](N(C)C)[C@H]2O)[C@](C)(OC)C[C@@H](C)C(=O)[C@H](C)C2N(C)C(=O)C23C[C@]13C. The summed E-state index contributed by atoms with van der Waals surface area (Å²) in [5.74, 6) is -5.34. The van der Waals surface area contributed by atoms with Crippen LogP contribution in [0.1, 0.15) is 137 Å². The summed E-state index contributed by atoms with van der Waals surface area (Å²) in [5, 5.41) is 21.8. The summed E-state index contributed by atoms with van der Waals surface area (Å²) in [7, 11) is 8.59. The largest absolute Gasteiger partial charge is 0.477 e. The average Bonchev–Trinajstić information content (AvgIpc) is 1.50. The number of hydrogen-bond acceptors (Lipinski definition) is 18. The quantitative estimate of drug-likeness (QED) is 0.0802. The third kappa shape index (κ3) is 13.1. The predicted octanol–water partition coefficient (Wildman–Crippen LogP) is 6.20. The van der Waals surface area contributed by atoms with Gasteiger partial charge in [0.25, 0.3) is 0 Å². The highest BCUT2D eigenvalue weighted by molar-refractivity contribution is 5.97. The maximum atomic E-state index is 15.0. The minimum atomic E-state index is -1.27. The Morgan fingerprint density at radius 2 is 1.52 bits per heavy atom. The Hall–Kier alpha value is -4.42. The van der Waals surface area contributed by atoms with E-state index in [9.17, 15) is 39.0 Å². The topological polar surface area (TPSA) is 247 Å². The maximum absolute atomic E-state index is 15.0. The number of esters is 2. The van der Waals surface area contributed by atoms with E-state index < -0.39 is 124 Å². The lowest BCUT2D eigenvalue weighted by Gasteiger charge is -2.52. The summed E-state index contributed by atoms with van der Waals surface area (Å²) in [6, 6.07) is 4.79. The highest BCUT2D eigenvalue weighted by atomic mass is 16.7. The molecular weight excluding hydrogens is 1070 g/mol. The van der Waals surface area contributed by atoms with Crippen LogP contribution in [-0.4, -0.2) is 195 Å². The van der Waals surface area contributed by atoms with Gasteiger partial charge in [0.1, 0.15) is 29.2 Å². The third-order valence-corrected chi connectivity index (χ3v) is 19.4. The zero-order valence-corrected chi connectivity index (χ0v) is 51.9. The molecule has 1 aliphatic carbocycles. The molecule has 19 atom stereocenters. The van der Waals surface area contributed by atoms with Gasteiger partial charge in [-0.2, -0.15) is 0 Å². The Kier molecular flexibility index (Phi) is 21.3. The van der Waals surface area contributed by atoms with Crippen molar-refractivity contribution in [2.75, 3.05) is 61.8 Å². The van der Waals surface area contributed by atoms with Gasteiger partial charge in [-0.25, -0.2) is 4.79 Å². The van der Waals surface area contributed by atoms with Gasteiger partial charge in [0.15, 0.2) is 18.7 Å². The lowest BCUT2D eigenvalue weighted by Crippen LogP contribution is -2.67. The summed E-state index contributed by atoms with van der Waals surface area (Å²) in [6.07, 6.45) is -3.66. The minimum absolute atomic E-state index is 0.0402. The van der Waals surface area contributed by atoms with Crippen LogP contribution in [0, 0.1) is 34.5 Å². The van der Waals surface area contributed by atoms with Gasteiger partial charge in [0.2, 0.25) is 11.3 Å². The van der Waals surface area contributed by atoms with Crippen molar-refractivity contribution in [2.45, 2.75) is 213 Å². The number of fused-ring (bicyclic) bond motifs is 1. The fourth-order valence-corrected chi connectivity index (χ4v) is 14.5. The number of rotatable bonds is 21. The number of carboxylic acid groups (broad SMARTS) is 1. The second kappa shape index (κ2) is 26.7. The summed E-state index contributed by atoms with van der Waals surface area (Å²) in [4.78, 5) is 85.5. The number of aromatic nitrogens is 1. The van der Waals surface area contributed by atoms with Crippen molar-refractivity contribution < 1.29 is 81.6 Å². The number of hydrogen-bond donors (Lipinski definition) is 2. The Morgan fingerprint density at radius 1 is 0.855 bits per heavy atom. The molecule has 7 rings (SSSR count). The number of nitrogens with zero attached hydrogens (tertiary/aromatic N) is 3. The number of ketones is 1. The van der Waals surface area contributed by atoms with Crippen LogP contribution in [-0.2, 0) is 79.5 Å². The number of aryl methyl sites for hydroxylation is 2. The molecule has 4 saturated heterocycles. The molecule has 0 bridgehead atoms. The number of carbonyl (C=O) groups excluding carboxylic acids is 4. The molecule has 0 radical (unpaired) electrons. The second-order valence-electron chi connectivity index (χ2n) is 25.2. The van der Waals surface area contributed by atoms with Crippen LogP contribution in [0.25, 0.3) is 10.9 Å². The standard InChI is InChI=1S/C62H95N3O18/c1-17-45-59(9)33-62(59)52(64(14)58(62)73)36(5)48(67)34(3)30-60(10,74-15)53(83-57-50(69)44(63(12)13)28-35(4)78-57)37(6)51(38(7)56(72)80-45)82-47-31-61(11,75-16)54(39(8)79-47)81-46(66)23-25-77-27-26-76-24-19-20-40-21-22-43-41(29-40)49(68)42(55(70)71)32-65(43)18-2/h21-22,29,32,34-39,44-45,47,50-54,57,69H,17-20,23-28,30-31,33H2,1-16H3,(H,70,71)/t34-,35-,36+,37+,38-,39+,44+,45-,47+,50-,51+,52?,53-,54+,57+,59-,60-,61-,62?/m1/s1. The van der Waals surface area contributed by atoms with Crippen LogP contribution in [0.15, 0.2) is 29.2 Å². The lowest BCUT2D eigenvalue weighted by atomic mass is 9.67. The van der Waals surface area contributed by atoms with Crippen molar-refractivity contribution in [2.24, 2.45) is 34.5 Å². The number of benzene rings is 1. The van der Waals surface area contributed by atoms with Crippen LogP contribution >= 0.6 is 0 Å². The molecule has 2 aromatic rings. The van der Waals surface area contributed by atoms with Gasteiger partial charge in [-0.05, 0) is 112 Å². The van der Waals surface area contributed by atoms with E-state index in [1.54, 1.807) is 43.5 Å². The number of ether oxygens (including phenoxy) is 10. The fourth-order valence-electron chi connectivity index (χ4n) is 14.5. The van der Waals surface area contributed by atoms with Crippen molar-refractivity contribution in [3.63, 3.8) is 0 Å². The van der Waals surface area contributed by atoms with Crippen LogP contribution in [0.3, 0.4) is 0 Å². The van der Waals surface area contributed by atoms with Gasteiger partial charge in [-0.1, -0.05) is 40.7 Å². The van der Waals surface area contributed by atoms with Crippen molar-refractivity contribution >= 4 is 40.5 Å². The van der Waals surface area contributed by atoms with E-state index in [0.717, 1.165) is 5.56 Å². The van der Waals surface area contributed by atoms with Crippen molar-refractivity contribution in [3.05, 3.63) is 45.7 Å². The summed E-state index contributed by atoms with van der Waals surface area (Å²) >= 11 is 0. The molecule has 1 aromatic heterocycles. The van der Waals surface area contributed by atoms with Crippen LogP contribution in [0.4, 0.5) is 0 Å². The molecule has 5 fully saturated rings. The van der Waals surface area contributed by atoms with E-state index in [4.69, 9.17) is 47.4 Å². The first-order valence-electron chi connectivity index (χ1n) is 29.9. The number of carbonyl (C=O) groups is 5. The fraction of sp³-hybridized carbons (Fsp3) is 0.774. The van der Waals surface area contributed by atoms with Gasteiger partial charge in [0, 0.05) is 81.6 Å². The highest BCUT2D eigenvalue weighted by Crippen LogP contribution is 2.75. The number of β-lactam (4-membered cyclic amide) rings is 1. The van der Waals surface area contributed by atoms with Gasteiger partial charge in [-0.15, -0.1) is 0 Å². The first-order chi connectivity index (χ1) is 39.1. The Labute approximate surface area is 489 Å². The number of carboxylic acids is 1. The van der Waals surface area contributed by atoms with Crippen LogP contribution in [0.2, 0.25) is 0 Å². The Bertz CT molecular complexity index is 2700. The number of amides is 1. The number of aromatic carboxylic acids is 1. The Morgan fingerprint density at radius 3 is 2.14 bits per heavy atom. The Balaban J connectivity index is 1.03. The number of likely N-dealkylation sites (tertiary alicyclic amines) is 1. The molecule has 2 N–H and O–H groups in total. The van der Waals surface area contributed by atoms with E-state index in [1.807, 2.05) is 93.4 Å². The summed E-state index contributed by atoms with van der Waals surface area (Å²) < 4.78 is 65.6. The van der Waals surface area contributed by atoms with E-state index >= 15 is 0 Å². The molecule has 5 heterocycles. The zero-order chi connectivity index (χ0) is 61.3. The zero-order valence-electron chi connectivity index (χ0n) is 51.9. The number of Topliss-reactive ketones (excluding diaryl/α,β-unsaturated/α-hetero) is 1. The monoisotopic (exact) mass is 1170 g/mol. The first kappa shape index (κ1) is 66.1. The number of methoxy groups -OCH3 is 2. The molecule has 466 valence electrons. The molecule has 2 unspecified atom stereocenters. The minimum Gasteiger partial charge on any atom is -0.477 e. The highest BCUT2D eigenvalue weighted by Gasteiger charge is 2.83. The van der Waals surface area contributed by atoms with Crippen molar-refractivity contribution in [1.29, 1.82) is 0 Å². The molecule has 21 heteroatoms. The van der Waals surface area contributed by atoms with E-state index in [2.05, 4.69) is 0 Å². The van der Waals surface area contributed by atoms with E-state index in [-0.39, 0.29) is 68.5 Å². The lowest BCUT2D eigenvalue weighted by molar-refractivity contribution is -0.320. The van der Waals surface area contributed by atoms with E-state index in [0.29, 0.717) is 56.2 Å². The predicted molar refractivity (Wildman–Crippen MR) is 305 cm³/mol. The molecule has 1 spiro atoms. The third-order valence-electron chi connectivity index (χ3n) is 19.4. The smallest absolute Gasteiger partial charge is 0.341 e. The van der Waals surface area contributed by atoms with Gasteiger partial charge < -0.3 is 71.9 Å². The van der Waals surface area contributed by atoms with E-state index in [1.165, 1.54) is 13.3 Å². The van der Waals surface area contributed by atoms with Crippen molar-refractivity contribution in [3.8, 4) is 0 Å². The number of aliphatic hydroxyl groups excluding tert-OH is 1. The molecule has 4 aliphatic heterocycles. The maximum Gasteiger partial charge on any atom is 0.341 e. The number of likely N-dealkylation sites (N-methyl/N-ethyl adjacent to an activating group) is 1. The molecule has 1 amide bonds. The van der Waals surface area contributed by atoms with Crippen molar-refractivity contribution in [1.82, 2.24) is 14.4 Å². The van der Waals surface area contributed by atoms with Gasteiger partial charge in [-0.3, -0.25) is 24.0 Å². The molecule has 1 aromatic carbocycles. The van der Waals surface area contributed by atoms with Gasteiger partial charge >= 0.3 is 17.9 Å². The molecule has 21 nitrogen and oxygen atoms in total. The molecular formula is C62H95N3O18. The second-order valence-corrected chi connectivity index (χ2v) is 25.2. The molecule has 83 heavy (non-hydrogen) atoms. The summed E-state index contributed by atoms with van der Waals surface area (Å²) in [6.45, 7) is 22.0. The normalized spacial score (nSPS) is 37.9. The first-order valence-corrected chi connectivity index (χ1v) is 29.9. The summed E-state index contributed by atoms with van der Waals surface area (Å²) in [5.41, 5.74) is -3.22. The van der Waals surface area contributed by atoms with Crippen LogP contribution in [0.5, 0.6) is 0 Å². The van der Waals surface area contributed by atoms with Crippen LogP contribution < -0.4 is 5.43 Å².